The molecule has 1 aliphatic rings. The van der Waals surface area contributed by atoms with E-state index in [4.69, 9.17) is 10.5 Å². The van der Waals surface area contributed by atoms with Crippen LogP contribution < -0.4 is 10.5 Å². The predicted octanol–water partition coefficient (Wildman–Crippen LogP) is 2.62. The molecular weight excluding hydrogens is 314 g/mol. The van der Waals surface area contributed by atoms with Gasteiger partial charge in [-0.2, -0.15) is 0 Å². The first-order valence-corrected chi connectivity index (χ1v) is 8.57. The van der Waals surface area contributed by atoms with Crippen molar-refractivity contribution in [3.05, 3.63) is 66.0 Å². The second-order valence-corrected chi connectivity index (χ2v) is 6.12. The minimum Gasteiger partial charge on any atom is -0.489 e. The molecule has 0 spiro atoms. The SMILES string of the molecule is NCC1CCCN1C(=O)/C=C/c1ccc(OCc2cccnc2)cc1. The van der Waals surface area contributed by atoms with Crippen molar-refractivity contribution >= 4 is 12.0 Å². The lowest BCUT2D eigenvalue weighted by Gasteiger charge is -2.21. The molecule has 5 heteroatoms. The van der Waals surface area contributed by atoms with Gasteiger partial charge in [-0.25, -0.2) is 0 Å². The number of carbonyl (C=O) groups excluding carboxylic acids is 1. The minimum atomic E-state index is 0.0323. The van der Waals surface area contributed by atoms with E-state index in [0.717, 1.165) is 36.3 Å². The van der Waals surface area contributed by atoms with Crippen molar-refractivity contribution in [2.45, 2.75) is 25.5 Å². The molecule has 1 saturated heterocycles. The fraction of sp³-hybridized carbons (Fsp3) is 0.300. The molecule has 1 aromatic heterocycles. The van der Waals surface area contributed by atoms with Crippen molar-refractivity contribution in [1.29, 1.82) is 0 Å². The van der Waals surface area contributed by atoms with E-state index < -0.39 is 0 Å². The molecule has 1 fully saturated rings. The molecule has 2 heterocycles. The molecule has 3 rings (SSSR count). The second kappa shape index (κ2) is 8.44. The average molecular weight is 337 g/mol. The summed E-state index contributed by atoms with van der Waals surface area (Å²) in [5, 5.41) is 0. The van der Waals surface area contributed by atoms with E-state index in [9.17, 15) is 4.79 Å². The number of nitrogens with zero attached hydrogens (tertiary/aromatic N) is 2. The first kappa shape index (κ1) is 17.2. The first-order valence-electron chi connectivity index (χ1n) is 8.57. The zero-order valence-corrected chi connectivity index (χ0v) is 14.2. The average Bonchev–Trinajstić information content (AvgIpc) is 3.15. The molecule has 0 bridgehead atoms. The number of likely N-dealkylation sites (tertiary alicyclic amines) is 1. The Hall–Kier alpha value is -2.66. The first-order chi connectivity index (χ1) is 12.3. The number of benzene rings is 1. The van der Waals surface area contributed by atoms with Crippen LogP contribution in [0, 0.1) is 0 Å². The third kappa shape index (κ3) is 4.67. The molecular formula is C20H23N3O2. The highest BCUT2D eigenvalue weighted by Gasteiger charge is 2.25. The number of carbonyl (C=O) groups is 1. The van der Waals surface area contributed by atoms with E-state index in [0.29, 0.717) is 13.2 Å². The summed E-state index contributed by atoms with van der Waals surface area (Å²) in [5.41, 5.74) is 7.71. The van der Waals surface area contributed by atoms with Crippen LogP contribution in [0.15, 0.2) is 54.9 Å². The van der Waals surface area contributed by atoms with E-state index in [2.05, 4.69) is 4.98 Å². The van der Waals surface area contributed by atoms with E-state index in [1.165, 1.54) is 0 Å². The highest BCUT2D eigenvalue weighted by Crippen LogP contribution is 2.18. The molecule has 1 atom stereocenters. The molecule has 1 amide bonds. The van der Waals surface area contributed by atoms with Crippen LogP contribution in [0.1, 0.15) is 24.0 Å². The maximum atomic E-state index is 12.3. The lowest BCUT2D eigenvalue weighted by Crippen LogP contribution is -2.38. The van der Waals surface area contributed by atoms with Crippen molar-refractivity contribution < 1.29 is 9.53 Å². The minimum absolute atomic E-state index is 0.0323. The number of amides is 1. The van der Waals surface area contributed by atoms with Gasteiger partial charge >= 0.3 is 0 Å². The van der Waals surface area contributed by atoms with Crippen molar-refractivity contribution in [2.75, 3.05) is 13.1 Å². The summed E-state index contributed by atoms with van der Waals surface area (Å²) >= 11 is 0. The van der Waals surface area contributed by atoms with Gasteiger partial charge in [-0.3, -0.25) is 9.78 Å². The summed E-state index contributed by atoms with van der Waals surface area (Å²) in [6.45, 7) is 1.81. The van der Waals surface area contributed by atoms with Crippen LogP contribution in [-0.4, -0.2) is 34.9 Å². The van der Waals surface area contributed by atoms with Gasteiger partial charge in [0.1, 0.15) is 12.4 Å². The van der Waals surface area contributed by atoms with Gasteiger partial charge < -0.3 is 15.4 Å². The van der Waals surface area contributed by atoms with Crippen LogP contribution in [0.3, 0.4) is 0 Å². The van der Waals surface area contributed by atoms with E-state index in [1.54, 1.807) is 18.5 Å². The van der Waals surface area contributed by atoms with Crippen LogP contribution >= 0.6 is 0 Å². The maximum Gasteiger partial charge on any atom is 0.246 e. The normalized spacial score (nSPS) is 17.2. The molecule has 2 N–H and O–H groups in total. The fourth-order valence-corrected chi connectivity index (χ4v) is 2.96. The Balaban J connectivity index is 1.54. The van der Waals surface area contributed by atoms with Gasteiger partial charge in [-0.15, -0.1) is 0 Å². The third-order valence-electron chi connectivity index (χ3n) is 4.36. The van der Waals surface area contributed by atoms with Gasteiger partial charge in [-0.05, 0) is 42.7 Å². The zero-order chi connectivity index (χ0) is 17.5. The lowest BCUT2D eigenvalue weighted by atomic mass is 10.2. The molecule has 1 unspecified atom stereocenters. The Morgan fingerprint density at radius 1 is 1.32 bits per heavy atom. The Labute approximate surface area is 148 Å². The van der Waals surface area contributed by atoms with Gasteiger partial charge in [0.25, 0.3) is 0 Å². The van der Waals surface area contributed by atoms with Crippen LogP contribution in [-0.2, 0) is 11.4 Å². The number of nitrogens with two attached hydrogens (primary N) is 1. The molecule has 2 aromatic rings. The van der Waals surface area contributed by atoms with E-state index >= 15 is 0 Å². The number of rotatable bonds is 6. The van der Waals surface area contributed by atoms with Crippen LogP contribution in [0.25, 0.3) is 6.08 Å². The number of ether oxygens (including phenoxy) is 1. The topological polar surface area (TPSA) is 68.5 Å². The summed E-state index contributed by atoms with van der Waals surface area (Å²) in [7, 11) is 0. The van der Waals surface area contributed by atoms with Crippen LogP contribution in [0.4, 0.5) is 0 Å². The molecule has 0 radical (unpaired) electrons. The summed E-state index contributed by atoms with van der Waals surface area (Å²) in [5.74, 6) is 0.819. The summed E-state index contributed by atoms with van der Waals surface area (Å²) in [6, 6.07) is 11.7. The van der Waals surface area contributed by atoms with E-state index in [-0.39, 0.29) is 11.9 Å². The highest BCUT2D eigenvalue weighted by atomic mass is 16.5. The quantitative estimate of drug-likeness (QED) is 0.823. The molecule has 0 saturated carbocycles. The monoisotopic (exact) mass is 337 g/mol. The predicted molar refractivity (Wildman–Crippen MR) is 97.8 cm³/mol. The van der Waals surface area contributed by atoms with Gasteiger partial charge in [0.15, 0.2) is 0 Å². The summed E-state index contributed by atoms with van der Waals surface area (Å²) < 4.78 is 5.73. The summed E-state index contributed by atoms with van der Waals surface area (Å²) in [4.78, 5) is 18.2. The van der Waals surface area contributed by atoms with Crippen molar-refractivity contribution in [3.8, 4) is 5.75 Å². The fourth-order valence-electron chi connectivity index (χ4n) is 2.96. The second-order valence-electron chi connectivity index (χ2n) is 6.12. The van der Waals surface area contributed by atoms with Gasteiger partial charge in [0.05, 0.1) is 0 Å². The maximum absolute atomic E-state index is 12.3. The number of aromatic nitrogens is 1. The van der Waals surface area contributed by atoms with Gasteiger partial charge in [0.2, 0.25) is 5.91 Å². The number of hydrogen-bond donors (Lipinski definition) is 1. The largest absolute Gasteiger partial charge is 0.489 e. The van der Waals surface area contributed by atoms with E-state index in [1.807, 2.05) is 47.4 Å². The molecule has 25 heavy (non-hydrogen) atoms. The number of pyridine rings is 1. The Bertz CT molecular complexity index is 713. The molecule has 1 aliphatic heterocycles. The lowest BCUT2D eigenvalue weighted by molar-refractivity contribution is -0.126. The smallest absolute Gasteiger partial charge is 0.246 e. The molecule has 1 aromatic carbocycles. The van der Waals surface area contributed by atoms with Crippen LogP contribution in [0.2, 0.25) is 0 Å². The highest BCUT2D eigenvalue weighted by molar-refractivity contribution is 5.92. The van der Waals surface area contributed by atoms with Gasteiger partial charge in [-0.1, -0.05) is 18.2 Å². The molecule has 130 valence electrons. The van der Waals surface area contributed by atoms with Crippen molar-refractivity contribution in [1.82, 2.24) is 9.88 Å². The number of hydrogen-bond acceptors (Lipinski definition) is 4. The molecule has 0 aliphatic carbocycles. The Morgan fingerprint density at radius 2 is 2.16 bits per heavy atom. The van der Waals surface area contributed by atoms with Crippen molar-refractivity contribution in [2.24, 2.45) is 5.73 Å². The third-order valence-corrected chi connectivity index (χ3v) is 4.36. The van der Waals surface area contributed by atoms with Crippen LogP contribution in [0.5, 0.6) is 5.75 Å². The Kier molecular flexibility index (Phi) is 5.80. The van der Waals surface area contributed by atoms with Gasteiger partial charge in [0, 0.05) is 43.2 Å². The Morgan fingerprint density at radius 3 is 2.88 bits per heavy atom. The van der Waals surface area contributed by atoms with Crippen molar-refractivity contribution in [3.63, 3.8) is 0 Å². The summed E-state index contributed by atoms with van der Waals surface area (Å²) in [6.07, 6.45) is 9.02. The standard InChI is InChI=1S/C20H23N3O2/c21-13-18-4-2-12-23(18)20(24)10-7-16-5-8-19(9-6-16)25-15-17-3-1-11-22-14-17/h1,3,5-11,14,18H,2,4,12-13,15,21H2/b10-7+. The zero-order valence-electron chi connectivity index (χ0n) is 14.2. The molecule has 5 nitrogen and oxygen atoms in total.